The van der Waals surface area contributed by atoms with Crippen molar-refractivity contribution in [3.63, 3.8) is 0 Å². The second-order valence-electron chi connectivity index (χ2n) is 4.87. The van der Waals surface area contributed by atoms with Crippen molar-refractivity contribution in [2.24, 2.45) is 0 Å². The molecule has 13 heavy (non-hydrogen) atoms. The minimum absolute atomic E-state index is 0.417. The molecule has 0 aromatic rings. The molecule has 0 bridgehead atoms. The summed E-state index contributed by atoms with van der Waals surface area (Å²) >= 11 is 0. The highest BCUT2D eigenvalue weighted by Crippen LogP contribution is 2.39. The van der Waals surface area contributed by atoms with Crippen LogP contribution in [0.2, 0.25) is 0 Å². The molecular formula is C12H21N. The van der Waals surface area contributed by atoms with Gasteiger partial charge in [0.1, 0.15) is 0 Å². The third-order valence-electron chi connectivity index (χ3n) is 4.24. The summed E-state index contributed by atoms with van der Waals surface area (Å²) in [6.45, 7) is 9.70. The van der Waals surface area contributed by atoms with Crippen LogP contribution in [-0.4, -0.2) is 23.5 Å². The van der Waals surface area contributed by atoms with E-state index in [4.69, 9.17) is 0 Å². The van der Waals surface area contributed by atoms with E-state index in [9.17, 15) is 0 Å². The molecule has 0 aliphatic carbocycles. The number of hydrogen-bond acceptors (Lipinski definition) is 1. The zero-order valence-electron chi connectivity index (χ0n) is 9.19. The van der Waals surface area contributed by atoms with Crippen LogP contribution < -0.4 is 0 Å². The van der Waals surface area contributed by atoms with Crippen molar-refractivity contribution in [1.29, 1.82) is 0 Å². The first-order valence-electron chi connectivity index (χ1n) is 5.56. The molecule has 1 heteroatoms. The smallest absolute Gasteiger partial charge is 0.0392 e. The fourth-order valence-corrected chi connectivity index (χ4v) is 2.91. The van der Waals surface area contributed by atoms with E-state index in [1.54, 1.807) is 11.1 Å². The molecule has 0 spiro atoms. The highest BCUT2D eigenvalue weighted by Gasteiger charge is 2.38. The minimum atomic E-state index is 0.417. The van der Waals surface area contributed by atoms with Crippen LogP contribution in [0.15, 0.2) is 11.1 Å². The second-order valence-corrected chi connectivity index (χ2v) is 4.87. The van der Waals surface area contributed by atoms with Gasteiger partial charge in [-0.2, -0.15) is 0 Å². The Kier molecular flexibility index (Phi) is 2.23. The average Bonchev–Trinajstić information content (AvgIpc) is 2.13. The molecular weight excluding hydrogens is 158 g/mol. The topological polar surface area (TPSA) is 3.24 Å². The lowest BCUT2D eigenvalue weighted by atomic mass is 9.77. The normalized spacial score (nSPS) is 36.2. The first kappa shape index (κ1) is 9.26. The van der Waals surface area contributed by atoms with Gasteiger partial charge in [-0.1, -0.05) is 17.6 Å². The van der Waals surface area contributed by atoms with Crippen LogP contribution in [0.3, 0.4) is 0 Å². The molecule has 74 valence electrons. The van der Waals surface area contributed by atoms with E-state index in [2.05, 4.69) is 25.7 Å². The van der Waals surface area contributed by atoms with E-state index in [0.717, 1.165) is 0 Å². The SMILES string of the molecule is CC1=C(C)C2(C)CCCCN2CC1. The van der Waals surface area contributed by atoms with Gasteiger partial charge in [0.25, 0.3) is 0 Å². The van der Waals surface area contributed by atoms with Crippen molar-refractivity contribution < 1.29 is 0 Å². The van der Waals surface area contributed by atoms with Crippen LogP contribution in [0.5, 0.6) is 0 Å². The van der Waals surface area contributed by atoms with Gasteiger partial charge in [-0.25, -0.2) is 0 Å². The van der Waals surface area contributed by atoms with E-state index in [0.29, 0.717) is 5.54 Å². The predicted molar refractivity (Wildman–Crippen MR) is 56.8 cm³/mol. The minimum Gasteiger partial charge on any atom is -0.294 e. The standard InChI is InChI=1S/C12H21N/c1-10-6-9-13-8-5-4-7-12(13,3)11(10)2/h4-9H2,1-3H3. The van der Waals surface area contributed by atoms with Crippen LogP contribution in [0, 0.1) is 0 Å². The van der Waals surface area contributed by atoms with Gasteiger partial charge in [0.05, 0.1) is 0 Å². The molecule has 2 rings (SSSR count). The van der Waals surface area contributed by atoms with Crippen molar-refractivity contribution in [2.45, 2.75) is 52.0 Å². The van der Waals surface area contributed by atoms with Gasteiger partial charge < -0.3 is 0 Å². The Morgan fingerprint density at radius 2 is 1.92 bits per heavy atom. The van der Waals surface area contributed by atoms with Gasteiger partial charge in [0.15, 0.2) is 0 Å². The van der Waals surface area contributed by atoms with Gasteiger partial charge in [-0.05, 0) is 46.6 Å². The molecule has 2 heterocycles. The number of nitrogens with zero attached hydrogens (tertiary/aromatic N) is 1. The first-order chi connectivity index (χ1) is 6.14. The van der Waals surface area contributed by atoms with Crippen molar-refractivity contribution >= 4 is 0 Å². The fourth-order valence-electron chi connectivity index (χ4n) is 2.91. The molecule has 0 aromatic carbocycles. The van der Waals surface area contributed by atoms with Crippen molar-refractivity contribution in [3.8, 4) is 0 Å². The van der Waals surface area contributed by atoms with Crippen molar-refractivity contribution in [1.82, 2.24) is 4.90 Å². The van der Waals surface area contributed by atoms with Gasteiger partial charge in [0, 0.05) is 12.1 Å². The molecule has 0 saturated carbocycles. The lowest BCUT2D eigenvalue weighted by molar-refractivity contribution is 0.0813. The highest BCUT2D eigenvalue weighted by molar-refractivity contribution is 5.26. The predicted octanol–water partition coefficient (Wildman–Crippen LogP) is 2.97. The van der Waals surface area contributed by atoms with E-state index < -0.39 is 0 Å². The summed E-state index contributed by atoms with van der Waals surface area (Å²) in [7, 11) is 0. The van der Waals surface area contributed by atoms with Crippen LogP contribution >= 0.6 is 0 Å². The fraction of sp³-hybridized carbons (Fsp3) is 0.833. The maximum atomic E-state index is 2.69. The lowest BCUT2D eigenvalue weighted by Crippen LogP contribution is -2.53. The van der Waals surface area contributed by atoms with Gasteiger partial charge in [-0.3, -0.25) is 4.90 Å². The van der Waals surface area contributed by atoms with Gasteiger partial charge >= 0.3 is 0 Å². The molecule has 0 N–H and O–H groups in total. The van der Waals surface area contributed by atoms with E-state index in [-0.39, 0.29) is 0 Å². The molecule has 0 aromatic heterocycles. The first-order valence-corrected chi connectivity index (χ1v) is 5.56. The summed E-state index contributed by atoms with van der Waals surface area (Å²) in [5.74, 6) is 0. The van der Waals surface area contributed by atoms with Gasteiger partial charge in [0.2, 0.25) is 0 Å². The summed E-state index contributed by atoms with van der Waals surface area (Å²) < 4.78 is 0. The Hall–Kier alpha value is -0.300. The van der Waals surface area contributed by atoms with Crippen LogP contribution in [-0.2, 0) is 0 Å². The van der Waals surface area contributed by atoms with E-state index >= 15 is 0 Å². The van der Waals surface area contributed by atoms with E-state index in [1.165, 1.54) is 38.8 Å². The Labute approximate surface area is 81.8 Å². The maximum Gasteiger partial charge on any atom is 0.0392 e. The zero-order chi connectivity index (χ0) is 9.47. The summed E-state index contributed by atoms with van der Waals surface area (Å²) in [5, 5.41) is 0. The summed E-state index contributed by atoms with van der Waals surface area (Å²) in [5.41, 5.74) is 3.71. The molecule has 1 unspecified atom stereocenters. The number of piperidine rings is 1. The average molecular weight is 179 g/mol. The van der Waals surface area contributed by atoms with Crippen LogP contribution in [0.25, 0.3) is 0 Å². The molecule has 2 aliphatic rings. The van der Waals surface area contributed by atoms with Crippen molar-refractivity contribution in [2.75, 3.05) is 13.1 Å². The second kappa shape index (κ2) is 3.13. The highest BCUT2D eigenvalue weighted by atomic mass is 15.2. The Bertz CT molecular complexity index is 242. The Morgan fingerprint density at radius 1 is 1.15 bits per heavy atom. The number of fused-ring (bicyclic) bond motifs is 1. The molecule has 0 radical (unpaired) electrons. The lowest BCUT2D eigenvalue weighted by Gasteiger charge is -2.49. The Morgan fingerprint density at radius 3 is 2.69 bits per heavy atom. The summed E-state index contributed by atoms with van der Waals surface area (Å²) in [6.07, 6.45) is 5.48. The van der Waals surface area contributed by atoms with Crippen LogP contribution in [0.4, 0.5) is 0 Å². The zero-order valence-corrected chi connectivity index (χ0v) is 9.19. The third-order valence-corrected chi connectivity index (χ3v) is 4.24. The third kappa shape index (κ3) is 1.34. The molecule has 0 amide bonds. The summed E-state index contributed by atoms with van der Waals surface area (Å²) in [6, 6.07) is 0. The quantitative estimate of drug-likeness (QED) is 0.517. The number of hydrogen-bond donors (Lipinski definition) is 0. The monoisotopic (exact) mass is 179 g/mol. The molecule has 1 atom stereocenters. The summed E-state index contributed by atoms with van der Waals surface area (Å²) in [4.78, 5) is 2.69. The molecule has 1 nitrogen and oxygen atoms in total. The number of rotatable bonds is 0. The van der Waals surface area contributed by atoms with E-state index in [1.807, 2.05) is 0 Å². The largest absolute Gasteiger partial charge is 0.294 e. The van der Waals surface area contributed by atoms with Crippen molar-refractivity contribution in [3.05, 3.63) is 11.1 Å². The Balaban J connectivity index is 2.32. The molecule has 2 aliphatic heterocycles. The maximum absolute atomic E-state index is 2.69. The van der Waals surface area contributed by atoms with Gasteiger partial charge in [-0.15, -0.1) is 0 Å². The molecule has 1 fully saturated rings. The van der Waals surface area contributed by atoms with Crippen LogP contribution in [0.1, 0.15) is 46.5 Å². The molecule has 1 saturated heterocycles.